The molecule has 148 valence electrons. The highest BCUT2D eigenvalue weighted by Crippen LogP contribution is 2.29. The predicted molar refractivity (Wildman–Crippen MR) is 114 cm³/mol. The van der Waals surface area contributed by atoms with E-state index in [4.69, 9.17) is 4.98 Å². The van der Waals surface area contributed by atoms with Gasteiger partial charge in [-0.15, -0.1) is 0 Å². The Labute approximate surface area is 166 Å². The van der Waals surface area contributed by atoms with Crippen molar-refractivity contribution in [3.63, 3.8) is 0 Å². The molecule has 1 atom stereocenters. The highest BCUT2D eigenvalue weighted by atomic mass is 19.1. The van der Waals surface area contributed by atoms with Gasteiger partial charge < -0.3 is 14.8 Å². The molecular weight excluding hydrogens is 351 g/mol. The summed E-state index contributed by atoms with van der Waals surface area (Å²) in [6.45, 7) is 13.7. The maximum absolute atomic E-state index is 14.1. The number of fused-ring (bicyclic) bond motifs is 1. The van der Waals surface area contributed by atoms with E-state index in [9.17, 15) is 4.39 Å². The number of anilines is 1. The van der Waals surface area contributed by atoms with Crippen LogP contribution in [0.2, 0.25) is 0 Å². The van der Waals surface area contributed by atoms with Crippen molar-refractivity contribution in [1.29, 1.82) is 0 Å². The van der Waals surface area contributed by atoms with Crippen LogP contribution in [0.5, 0.6) is 0 Å². The molecule has 5 heteroatoms. The molecule has 1 aliphatic rings. The Bertz CT molecular complexity index is 1010. The van der Waals surface area contributed by atoms with E-state index in [1.54, 1.807) is 0 Å². The van der Waals surface area contributed by atoms with Gasteiger partial charge in [-0.05, 0) is 74.6 Å². The lowest BCUT2D eigenvalue weighted by molar-refractivity contribution is 0.487. The van der Waals surface area contributed by atoms with Crippen LogP contribution in [0, 0.1) is 33.5 Å². The van der Waals surface area contributed by atoms with Crippen LogP contribution in [-0.2, 0) is 6.54 Å². The first-order valence-electron chi connectivity index (χ1n) is 10.1. The highest BCUT2D eigenvalue weighted by molar-refractivity contribution is 5.81. The van der Waals surface area contributed by atoms with Gasteiger partial charge in [0.25, 0.3) is 0 Å². The van der Waals surface area contributed by atoms with Gasteiger partial charge in [-0.2, -0.15) is 0 Å². The number of aromatic nitrogens is 2. The van der Waals surface area contributed by atoms with Crippen molar-refractivity contribution in [2.24, 2.45) is 0 Å². The number of hydrogen-bond acceptors (Lipinski definition) is 3. The number of piperazine rings is 1. The van der Waals surface area contributed by atoms with Crippen LogP contribution in [-0.4, -0.2) is 35.2 Å². The van der Waals surface area contributed by atoms with Crippen molar-refractivity contribution in [3.05, 3.63) is 57.9 Å². The summed E-state index contributed by atoms with van der Waals surface area (Å²) in [5.41, 5.74) is 7.19. The fourth-order valence-electron chi connectivity index (χ4n) is 4.19. The van der Waals surface area contributed by atoms with Gasteiger partial charge in [0, 0.05) is 25.7 Å². The lowest BCUT2D eigenvalue weighted by Crippen LogP contribution is -2.50. The average molecular weight is 381 g/mol. The Balaban J connectivity index is 1.87. The molecule has 1 aromatic heterocycles. The summed E-state index contributed by atoms with van der Waals surface area (Å²) in [6, 6.07) is 8.71. The molecule has 1 aliphatic heterocycles. The quantitative estimate of drug-likeness (QED) is 0.737. The Morgan fingerprint density at radius 2 is 1.71 bits per heavy atom. The molecule has 0 spiro atoms. The monoisotopic (exact) mass is 380 g/mol. The lowest BCUT2D eigenvalue weighted by atomic mass is 10.1. The third-order valence-electron chi connectivity index (χ3n) is 5.94. The number of benzene rings is 2. The molecule has 0 unspecified atom stereocenters. The minimum absolute atomic E-state index is 0.110. The Kier molecular flexibility index (Phi) is 4.88. The first kappa shape index (κ1) is 18.9. The highest BCUT2D eigenvalue weighted by Gasteiger charge is 2.24. The molecule has 2 heterocycles. The summed E-state index contributed by atoms with van der Waals surface area (Å²) in [5, 5.41) is 3.46. The molecule has 4 nitrogen and oxygen atoms in total. The number of hydrogen-bond donors (Lipinski definition) is 1. The van der Waals surface area contributed by atoms with Crippen LogP contribution in [0.1, 0.15) is 34.7 Å². The van der Waals surface area contributed by atoms with E-state index in [0.717, 1.165) is 42.2 Å². The molecule has 0 aliphatic carbocycles. The van der Waals surface area contributed by atoms with Gasteiger partial charge in [0.1, 0.15) is 5.82 Å². The van der Waals surface area contributed by atoms with Crippen LogP contribution < -0.4 is 10.2 Å². The van der Waals surface area contributed by atoms with E-state index in [2.05, 4.69) is 47.7 Å². The third-order valence-corrected chi connectivity index (χ3v) is 5.94. The maximum Gasteiger partial charge on any atom is 0.207 e. The summed E-state index contributed by atoms with van der Waals surface area (Å²) >= 11 is 0. The fourth-order valence-corrected chi connectivity index (χ4v) is 4.19. The van der Waals surface area contributed by atoms with Crippen LogP contribution in [0.25, 0.3) is 11.0 Å². The molecule has 2 aromatic carbocycles. The number of halogens is 1. The normalized spacial score (nSPS) is 17.5. The molecule has 1 N–H and O–H groups in total. The molecule has 3 aromatic rings. The molecule has 0 bridgehead atoms. The molecule has 28 heavy (non-hydrogen) atoms. The standard InChI is InChI=1S/C23H29FN4/c1-14-10-20-21(11-15(14)2)28(13-19-8-16(3)22(24)17(4)9-19)23(26-20)27-7-6-25-12-18(27)5/h8-11,18,25H,6-7,12-13H2,1-5H3/t18-/m1/s1. The topological polar surface area (TPSA) is 33.1 Å². The second-order valence-electron chi connectivity index (χ2n) is 8.21. The number of nitrogens with zero attached hydrogens (tertiary/aromatic N) is 3. The van der Waals surface area contributed by atoms with Crippen molar-refractivity contribution >= 4 is 17.0 Å². The van der Waals surface area contributed by atoms with Gasteiger partial charge in [-0.3, -0.25) is 0 Å². The van der Waals surface area contributed by atoms with Gasteiger partial charge in [0.15, 0.2) is 0 Å². The van der Waals surface area contributed by atoms with Crippen molar-refractivity contribution in [2.45, 2.75) is 47.2 Å². The molecular formula is C23H29FN4. The molecule has 0 amide bonds. The lowest BCUT2D eigenvalue weighted by Gasteiger charge is -2.35. The number of nitrogens with one attached hydrogen (secondary N) is 1. The zero-order valence-electron chi connectivity index (χ0n) is 17.4. The van der Waals surface area contributed by atoms with E-state index in [1.807, 2.05) is 26.0 Å². The second-order valence-corrected chi connectivity index (χ2v) is 8.21. The van der Waals surface area contributed by atoms with Crippen molar-refractivity contribution in [3.8, 4) is 0 Å². The van der Waals surface area contributed by atoms with E-state index < -0.39 is 0 Å². The number of rotatable bonds is 3. The average Bonchev–Trinajstić information content (AvgIpc) is 2.97. The van der Waals surface area contributed by atoms with E-state index in [1.165, 1.54) is 11.1 Å². The zero-order valence-corrected chi connectivity index (χ0v) is 17.4. The Morgan fingerprint density at radius 3 is 2.39 bits per heavy atom. The van der Waals surface area contributed by atoms with E-state index in [0.29, 0.717) is 23.7 Å². The zero-order chi connectivity index (χ0) is 20.0. The van der Waals surface area contributed by atoms with Crippen molar-refractivity contribution in [1.82, 2.24) is 14.9 Å². The largest absolute Gasteiger partial charge is 0.337 e. The summed E-state index contributed by atoms with van der Waals surface area (Å²) in [7, 11) is 0. The predicted octanol–water partition coefficient (Wildman–Crippen LogP) is 4.26. The van der Waals surface area contributed by atoms with Crippen LogP contribution in [0.3, 0.4) is 0 Å². The van der Waals surface area contributed by atoms with Gasteiger partial charge in [-0.1, -0.05) is 12.1 Å². The van der Waals surface area contributed by atoms with E-state index in [-0.39, 0.29) is 5.82 Å². The molecule has 0 saturated carbocycles. The second kappa shape index (κ2) is 7.21. The van der Waals surface area contributed by atoms with Gasteiger partial charge in [0.05, 0.1) is 17.6 Å². The first-order chi connectivity index (χ1) is 13.3. The number of imidazole rings is 1. The SMILES string of the molecule is Cc1cc2nc(N3CCNC[C@H]3C)n(Cc3cc(C)c(F)c(C)c3)c2cc1C. The van der Waals surface area contributed by atoms with Crippen LogP contribution in [0.15, 0.2) is 24.3 Å². The summed E-state index contributed by atoms with van der Waals surface area (Å²) in [6.07, 6.45) is 0. The molecule has 0 radical (unpaired) electrons. The minimum Gasteiger partial charge on any atom is -0.337 e. The summed E-state index contributed by atoms with van der Waals surface area (Å²) in [5.74, 6) is 0.898. The van der Waals surface area contributed by atoms with Crippen LogP contribution in [0.4, 0.5) is 10.3 Å². The van der Waals surface area contributed by atoms with Gasteiger partial charge in [0.2, 0.25) is 5.95 Å². The molecule has 4 rings (SSSR count). The van der Waals surface area contributed by atoms with Gasteiger partial charge >= 0.3 is 0 Å². The van der Waals surface area contributed by atoms with Crippen LogP contribution >= 0.6 is 0 Å². The minimum atomic E-state index is -0.110. The first-order valence-corrected chi connectivity index (χ1v) is 10.1. The van der Waals surface area contributed by atoms with Gasteiger partial charge in [-0.25, -0.2) is 9.37 Å². The van der Waals surface area contributed by atoms with E-state index >= 15 is 0 Å². The van der Waals surface area contributed by atoms with Crippen molar-refractivity contribution < 1.29 is 4.39 Å². The Hall–Kier alpha value is -2.40. The molecule has 1 saturated heterocycles. The number of aryl methyl sites for hydroxylation is 4. The summed E-state index contributed by atoms with van der Waals surface area (Å²) < 4.78 is 16.4. The smallest absolute Gasteiger partial charge is 0.207 e. The molecule has 1 fully saturated rings. The fraction of sp³-hybridized carbons (Fsp3) is 0.435. The maximum atomic E-state index is 14.1. The third kappa shape index (κ3) is 3.28. The summed E-state index contributed by atoms with van der Waals surface area (Å²) in [4.78, 5) is 7.43. The van der Waals surface area contributed by atoms with Crippen molar-refractivity contribution in [2.75, 3.05) is 24.5 Å². The Morgan fingerprint density at radius 1 is 1.04 bits per heavy atom.